The van der Waals surface area contributed by atoms with Crippen molar-refractivity contribution in [3.05, 3.63) is 41.7 Å². The molecule has 1 aromatic heterocycles. The fraction of sp³-hybridized carbons (Fsp3) is 0.577. The molecule has 1 aromatic carbocycles. The molecule has 7 nitrogen and oxygen atoms in total. The van der Waals surface area contributed by atoms with Crippen molar-refractivity contribution in [3.63, 3.8) is 0 Å². The summed E-state index contributed by atoms with van der Waals surface area (Å²) < 4.78 is 5.63. The minimum absolute atomic E-state index is 0.310. The fourth-order valence-electron chi connectivity index (χ4n) is 4.64. The summed E-state index contributed by atoms with van der Waals surface area (Å²) in [5.74, 6) is 2.49. The smallest absolute Gasteiger partial charge is 0.303 e. The van der Waals surface area contributed by atoms with Crippen LogP contribution in [0.2, 0.25) is 0 Å². The number of nitrogens with zero attached hydrogens (tertiary/aromatic N) is 3. The zero-order valence-corrected chi connectivity index (χ0v) is 21.4. The first-order valence-electron chi connectivity index (χ1n) is 12.2. The lowest BCUT2D eigenvalue weighted by Crippen LogP contribution is -2.32. The van der Waals surface area contributed by atoms with E-state index in [0.29, 0.717) is 43.1 Å². The van der Waals surface area contributed by atoms with Gasteiger partial charge in [-0.2, -0.15) is 11.8 Å². The number of aromatic nitrogens is 2. The number of ether oxygens (including phenoxy) is 1. The van der Waals surface area contributed by atoms with Crippen molar-refractivity contribution in [3.8, 4) is 5.75 Å². The van der Waals surface area contributed by atoms with Crippen molar-refractivity contribution in [2.24, 2.45) is 11.8 Å². The van der Waals surface area contributed by atoms with Crippen LogP contribution in [0.5, 0.6) is 5.75 Å². The molecular weight excluding hydrogens is 448 g/mol. The van der Waals surface area contributed by atoms with Crippen molar-refractivity contribution >= 4 is 29.4 Å². The highest BCUT2D eigenvalue weighted by molar-refractivity contribution is 7.98. The molecule has 0 radical (unpaired) electrons. The van der Waals surface area contributed by atoms with Gasteiger partial charge < -0.3 is 20.1 Å². The van der Waals surface area contributed by atoms with Crippen LogP contribution in [0.1, 0.15) is 50.2 Å². The van der Waals surface area contributed by atoms with Gasteiger partial charge in [0.2, 0.25) is 5.95 Å². The Bertz CT molecular complexity index is 901. The van der Waals surface area contributed by atoms with E-state index in [1.165, 1.54) is 16.8 Å². The normalized spacial score (nSPS) is 17.9. The molecule has 8 heteroatoms. The van der Waals surface area contributed by atoms with Crippen LogP contribution in [0.3, 0.4) is 0 Å². The average molecular weight is 487 g/mol. The minimum Gasteiger partial charge on any atom is -0.489 e. The number of nitrogens with one attached hydrogen (secondary N) is 1. The molecule has 1 fully saturated rings. The van der Waals surface area contributed by atoms with Crippen molar-refractivity contribution in [1.82, 2.24) is 9.97 Å². The van der Waals surface area contributed by atoms with Gasteiger partial charge in [0, 0.05) is 37.5 Å². The standard InChI is InChI=1S/C26H38N4O3S/c1-4-30(18-21-8-6-20(7-9-21)14-25(31)32)24-10-5-19(2)13-22(24)15-27-26-28-16-23(17-29-26)33-11-12-34-3/h5,10,13,16-17,20-21H,4,6-9,11-12,14-15,18H2,1-3H3,(H,31,32)(H,27,28,29)/t20-,21-. The van der Waals surface area contributed by atoms with Gasteiger partial charge in [0.25, 0.3) is 0 Å². The highest BCUT2D eigenvalue weighted by Crippen LogP contribution is 2.33. The maximum absolute atomic E-state index is 11.0. The third-order valence-electron chi connectivity index (χ3n) is 6.49. The van der Waals surface area contributed by atoms with E-state index in [2.05, 4.69) is 58.5 Å². The highest BCUT2D eigenvalue weighted by Gasteiger charge is 2.25. The summed E-state index contributed by atoms with van der Waals surface area (Å²) in [5.41, 5.74) is 3.69. The number of hydrogen-bond donors (Lipinski definition) is 2. The Kier molecular flexibility index (Phi) is 10.3. The van der Waals surface area contributed by atoms with Gasteiger partial charge in [-0.15, -0.1) is 0 Å². The maximum atomic E-state index is 11.0. The molecule has 0 atom stereocenters. The molecule has 1 saturated carbocycles. The molecule has 0 saturated heterocycles. The van der Waals surface area contributed by atoms with Gasteiger partial charge in [0.05, 0.1) is 19.0 Å². The van der Waals surface area contributed by atoms with Gasteiger partial charge >= 0.3 is 5.97 Å². The number of rotatable bonds is 13. The van der Waals surface area contributed by atoms with E-state index in [9.17, 15) is 4.79 Å². The Balaban J connectivity index is 1.60. The number of carboxylic acid groups (broad SMARTS) is 1. The van der Waals surface area contributed by atoms with Gasteiger partial charge in [-0.05, 0) is 69.3 Å². The Morgan fingerprint density at radius 2 is 1.91 bits per heavy atom. The molecule has 0 unspecified atom stereocenters. The topological polar surface area (TPSA) is 87.6 Å². The van der Waals surface area contributed by atoms with Gasteiger partial charge in [-0.1, -0.05) is 17.7 Å². The molecule has 34 heavy (non-hydrogen) atoms. The molecule has 0 spiro atoms. The summed E-state index contributed by atoms with van der Waals surface area (Å²) in [6.07, 6.45) is 10.0. The molecular formula is C26H38N4O3S. The van der Waals surface area contributed by atoms with E-state index in [1.807, 2.05) is 0 Å². The van der Waals surface area contributed by atoms with Crippen LogP contribution in [0.15, 0.2) is 30.6 Å². The van der Waals surface area contributed by atoms with E-state index in [-0.39, 0.29) is 0 Å². The number of carboxylic acids is 1. The lowest BCUT2D eigenvalue weighted by Gasteiger charge is -2.34. The van der Waals surface area contributed by atoms with Crippen molar-refractivity contribution in [2.45, 2.75) is 52.5 Å². The Hall–Kier alpha value is -2.48. The van der Waals surface area contributed by atoms with E-state index < -0.39 is 5.97 Å². The second-order valence-corrected chi connectivity index (χ2v) is 10.1. The van der Waals surface area contributed by atoms with Crippen LogP contribution in [-0.2, 0) is 11.3 Å². The maximum Gasteiger partial charge on any atom is 0.303 e. The minimum atomic E-state index is -0.669. The van der Waals surface area contributed by atoms with Crippen LogP contribution in [0.4, 0.5) is 11.6 Å². The summed E-state index contributed by atoms with van der Waals surface area (Å²) in [7, 11) is 0. The Morgan fingerprint density at radius 3 is 2.56 bits per heavy atom. The third-order valence-corrected chi connectivity index (χ3v) is 7.06. The first-order valence-corrected chi connectivity index (χ1v) is 13.6. The van der Waals surface area contributed by atoms with E-state index in [1.54, 1.807) is 24.2 Å². The number of carbonyl (C=O) groups is 1. The molecule has 186 valence electrons. The number of aliphatic carboxylic acids is 1. The summed E-state index contributed by atoms with van der Waals surface area (Å²) >= 11 is 1.75. The number of benzene rings is 1. The number of thioether (sulfide) groups is 1. The quantitative estimate of drug-likeness (QED) is 0.371. The van der Waals surface area contributed by atoms with Gasteiger partial charge in [-0.3, -0.25) is 4.79 Å². The molecule has 3 rings (SSSR count). The molecule has 2 N–H and O–H groups in total. The predicted octanol–water partition coefficient (Wildman–Crippen LogP) is 5.25. The highest BCUT2D eigenvalue weighted by atomic mass is 32.2. The second kappa shape index (κ2) is 13.4. The third kappa shape index (κ3) is 8.08. The second-order valence-electron chi connectivity index (χ2n) is 9.09. The van der Waals surface area contributed by atoms with Crippen molar-refractivity contribution in [2.75, 3.05) is 41.9 Å². The van der Waals surface area contributed by atoms with E-state index >= 15 is 0 Å². The van der Waals surface area contributed by atoms with Crippen LogP contribution in [0.25, 0.3) is 0 Å². The average Bonchev–Trinajstić information content (AvgIpc) is 2.83. The largest absolute Gasteiger partial charge is 0.489 e. The Morgan fingerprint density at radius 1 is 1.21 bits per heavy atom. The molecule has 2 aromatic rings. The lowest BCUT2D eigenvalue weighted by atomic mass is 9.80. The zero-order valence-electron chi connectivity index (χ0n) is 20.6. The number of hydrogen-bond acceptors (Lipinski definition) is 7. The molecule has 1 aliphatic carbocycles. The molecule has 1 aliphatic rings. The Labute approximate surface area is 207 Å². The van der Waals surface area contributed by atoms with Gasteiger partial charge in [-0.25, -0.2) is 9.97 Å². The summed E-state index contributed by atoms with van der Waals surface area (Å²) in [6, 6.07) is 6.62. The number of aryl methyl sites for hydroxylation is 1. The fourth-order valence-corrected chi connectivity index (χ4v) is 4.89. The van der Waals surface area contributed by atoms with E-state index in [0.717, 1.165) is 44.5 Å². The summed E-state index contributed by atoms with van der Waals surface area (Å²) in [4.78, 5) is 22.3. The lowest BCUT2D eigenvalue weighted by molar-refractivity contribution is -0.138. The monoisotopic (exact) mass is 486 g/mol. The SMILES string of the molecule is CCN(C[C@H]1CC[C@H](CC(=O)O)CC1)c1ccc(C)cc1CNc1ncc(OCCSC)cn1. The molecule has 0 bridgehead atoms. The van der Waals surface area contributed by atoms with Crippen molar-refractivity contribution in [1.29, 1.82) is 0 Å². The number of anilines is 2. The summed E-state index contributed by atoms with van der Waals surface area (Å²) in [5, 5.41) is 12.4. The summed E-state index contributed by atoms with van der Waals surface area (Å²) in [6.45, 7) is 7.55. The van der Waals surface area contributed by atoms with Gasteiger partial charge in [0.15, 0.2) is 5.75 Å². The van der Waals surface area contributed by atoms with E-state index in [4.69, 9.17) is 9.84 Å². The molecule has 1 heterocycles. The zero-order chi connectivity index (χ0) is 24.3. The van der Waals surface area contributed by atoms with Gasteiger partial charge in [0.1, 0.15) is 0 Å². The van der Waals surface area contributed by atoms with Crippen molar-refractivity contribution < 1.29 is 14.6 Å². The first kappa shape index (κ1) is 26.1. The predicted molar refractivity (Wildman–Crippen MR) is 140 cm³/mol. The molecule has 0 amide bonds. The van der Waals surface area contributed by atoms with Crippen LogP contribution in [0, 0.1) is 18.8 Å². The van der Waals surface area contributed by atoms with Crippen LogP contribution < -0.4 is 15.0 Å². The van der Waals surface area contributed by atoms with Crippen LogP contribution >= 0.6 is 11.8 Å². The van der Waals surface area contributed by atoms with Crippen LogP contribution in [-0.4, -0.2) is 52.7 Å². The first-order chi connectivity index (χ1) is 16.5. The molecule has 0 aliphatic heterocycles.